The van der Waals surface area contributed by atoms with E-state index in [1.54, 1.807) is 18.0 Å². The Bertz CT molecular complexity index is 609. The zero-order valence-corrected chi connectivity index (χ0v) is 12.5. The second-order valence-corrected chi connectivity index (χ2v) is 5.43. The number of carbonyl (C=O) groups excluding carboxylic acids is 1. The summed E-state index contributed by atoms with van der Waals surface area (Å²) in [5.74, 6) is 0.901. The highest BCUT2D eigenvalue weighted by Gasteiger charge is 2.18. The molecule has 0 saturated carbocycles. The quantitative estimate of drug-likeness (QED) is 0.942. The van der Waals surface area contributed by atoms with Gasteiger partial charge in [-0.3, -0.25) is 9.89 Å². The van der Waals surface area contributed by atoms with Gasteiger partial charge in [0.05, 0.1) is 0 Å². The van der Waals surface area contributed by atoms with E-state index in [9.17, 15) is 4.79 Å². The van der Waals surface area contributed by atoms with Crippen LogP contribution in [0.2, 0.25) is 5.02 Å². The summed E-state index contributed by atoms with van der Waals surface area (Å²) in [6.07, 6.45) is 0. The summed E-state index contributed by atoms with van der Waals surface area (Å²) < 4.78 is 0. The lowest BCUT2D eigenvalue weighted by atomic mass is 10.2. The minimum absolute atomic E-state index is 0.193. The normalized spacial score (nSPS) is 10.8. The predicted molar refractivity (Wildman–Crippen MR) is 77.7 cm³/mol. The minimum Gasteiger partial charge on any atom is -0.335 e. The van der Waals surface area contributed by atoms with Crippen molar-refractivity contribution in [2.24, 2.45) is 0 Å². The highest BCUT2D eigenvalue weighted by molar-refractivity contribution is 6.30. The molecule has 20 heavy (non-hydrogen) atoms. The van der Waals surface area contributed by atoms with Gasteiger partial charge in [0, 0.05) is 24.5 Å². The van der Waals surface area contributed by atoms with Gasteiger partial charge >= 0.3 is 0 Å². The molecule has 0 bridgehead atoms. The van der Waals surface area contributed by atoms with Gasteiger partial charge < -0.3 is 4.90 Å². The maximum absolute atomic E-state index is 12.2. The molecule has 0 aliphatic rings. The van der Waals surface area contributed by atoms with Gasteiger partial charge in [0.15, 0.2) is 0 Å². The summed E-state index contributed by atoms with van der Waals surface area (Å²) in [4.78, 5) is 18.0. The van der Waals surface area contributed by atoms with Crippen molar-refractivity contribution in [3.05, 3.63) is 46.5 Å². The molecule has 0 atom stereocenters. The monoisotopic (exact) mass is 292 g/mol. The van der Waals surface area contributed by atoms with Gasteiger partial charge in [-0.2, -0.15) is 0 Å². The van der Waals surface area contributed by atoms with Gasteiger partial charge in [-0.15, -0.1) is 5.10 Å². The van der Waals surface area contributed by atoms with E-state index in [1.807, 2.05) is 32.0 Å². The number of nitrogens with one attached hydrogen (secondary N) is 1. The molecule has 5 nitrogen and oxygen atoms in total. The summed E-state index contributed by atoms with van der Waals surface area (Å²) >= 11 is 5.93. The molecule has 2 aromatic rings. The van der Waals surface area contributed by atoms with Crippen molar-refractivity contribution in [3.8, 4) is 0 Å². The van der Waals surface area contributed by atoms with Crippen LogP contribution in [0.25, 0.3) is 0 Å². The largest absolute Gasteiger partial charge is 0.335 e. The zero-order valence-electron chi connectivity index (χ0n) is 11.7. The Hall–Kier alpha value is -1.88. The number of amides is 1. The third-order valence-electron chi connectivity index (χ3n) is 2.90. The summed E-state index contributed by atoms with van der Waals surface area (Å²) in [5, 5.41) is 7.40. The number of hydrogen-bond donors (Lipinski definition) is 1. The molecule has 0 radical (unpaired) electrons. The van der Waals surface area contributed by atoms with Crippen LogP contribution in [0.4, 0.5) is 0 Å². The number of carbonyl (C=O) groups is 1. The number of nitrogens with zero attached hydrogens (tertiary/aromatic N) is 3. The molecule has 0 unspecified atom stereocenters. The number of hydrogen-bond acceptors (Lipinski definition) is 3. The van der Waals surface area contributed by atoms with Crippen molar-refractivity contribution < 1.29 is 4.79 Å². The van der Waals surface area contributed by atoms with Crippen molar-refractivity contribution in [1.29, 1.82) is 0 Å². The first-order valence-corrected chi connectivity index (χ1v) is 6.77. The molecule has 0 saturated heterocycles. The van der Waals surface area contributed by atoms with E-state index in [0.29, 0.717) is 17.4 Å². The molecule has 0 spiro atoms. The molecule has 6 heteroatoms. The Labute approximate surface area is 123 Å². The molecule has 0 aliphatic heterocycles. The number of halogens is 1. The first kappa shape index (κ1) is 14.5. The molecule has 1 heterocycles. The average molecular weight is 293 g/mol. The molecule has 1 N–H and O–H groups in total. The van der Waals surface area contributed by atoms with Crippen LogP contribution in [0.5, 0.6) is 0 Å². The van der Waals surface area contributed by atoms with Crippen LogP contribution < -0.4 is 0 Å². The fraction of sp³-hybridized carbons (Fsp3) is 0.357. The first-order chi connectivity index (χ1) is 9.47. The van der Waals surface area contributed by atoms with Crippen LogP contribution in [0.15, 0.2) is 24.3 Å². The molecule has 0 aliphatic carbocycles. The van der Waals surface area contributed by atoms with Crippen molar-refractivity contribution in [1.82, 2.24) is 20.1 Å². The lowest BCUT2D eigenvalue weighted by Gasteiger charge is -2.15. The molecule has 1 aromatic carbocycles. The molecule has 1 amide bonds. The van der Waals surface area contributed by atoms with Gasteiger partial charge in [0.1, 0.15) is 5.82 Å². The highest BCUT2D eigenvalue weighted by atomic mass is 35.5. The Morgan fingerprint density at radius 2 is 2.20 bits per heavy atom. The average Bonchev–Trinajstić information content (AvgIpc) is 2.87. The third kappa shape index (κ3) is 3.36. The van der Waals surface area contributed by atoms with E-state index in [4.69, 9.17) is 11.6 Å². The first-order valence-electron chi connectivity index (χ1n) is 6.39. The fourth-order valence-electron chi connectivity index (χ4n) is 1.78. The molecule has 2 rings (SSSR count). The van der Waals surface area contributed by atoms with Gasteiger partial charge in [0.25, 0.3) is 5.91 Å². The van der Waals surface area contributed by atoms with E-state index in [-0.39, 0.29) is 17.6 Å². The molecule has 0 fully saturated rings. The summed E-state index contributed by atoms with van der Waals surface area (Å²) in [6.45, 7) is 4.44. The summed E-state index contributed by atoms with van der Waals surface area (Å²) in [7, 11) is 1.72. The second kappa shape index (κ2) is 6.05. The van der Waals surface area contributed by atoms with Gasteiger partial charge in [-0.1, -0.05) is 37.6 Å². The Kier molecular flexibility index (Phi) is 4.39. The molecular weight excluding hydrogens is 276 g/mol. The topological polar surface area (TPSA) is 61.9 Å². The van der Waals surface area contributed by atoms with E-state index in [1.165, 1.54) is 0 Å². The van der Waals surface area contributed by atoms with Crippen LogP contribution in [-0.4, -0.2) is 33.0 Å². The van der Waals surface area contributed by atoms with Gasteiger partial charge in [0.2, 0.25) is 5.82 Å². The maximum atomic E-state index is 12.2. The van der Waals surface area contributed by atoms with Crippen molar-refractivity contribution >= 4 is 17.5 Å². The molecule has 1 aromatic heterocycles. The van der Waals surface area contributed by atoms with Gasteiger partial charge in [-0.05, 0) is 17.7 Å². The van der Waals surface area contributed by atoms with Crippen molar-refractivity contribution in [2.45, 2.75) is 26.3 Å². The van der Waals surface area contributed by atoms with Crippen molar-refractivity contribution in [2.75, 3.05) is 7.05 Å². The van der Waals surface area contributed by atoms with Crippen molar-refractivity contribution in [3.63, 3.8) is 0 Å². The smallest absolute Gasteiger partial charge is 0.293 e. The molecule has 106 valence electrons. The number of H-pyrrole nitrogens is 1. The van der Waals surface area contributed by atoms with Gasteiger partial charge in [-0.25, -0.2) is 4.98 Å². The van der Waals surface area contributed by atoms with E-state index in [2.05, 4.69) is 15.2 Å². The lowest BCUT2D eigenvalue weighted by Crippen LogP contribution is -2.27. The second-order valence-electron chi connectivity index (χ2n) is 4.99. The lowest BCUT2D eigenvalue weighted by molar-refractivity contribution is 0.0773. The van der Waals surface area contributed by atoms with Crippen LogP contribution in [-0.2, 0) is 6.54 Å². The summed E-state index contributed by atoms with van der Waals surface area (Å²) in [6, 6.07) is 7.42. The maximum Gasteiger partial charge on any atom is 0.293 e. The zero-order chi connectivity index (χ0) is 14.7. The highest BCUT2D eigenvalue weighted by Crippen LogP contribution is 2.13. The number of rotatable bonds is 4. The van der Waals surface area contributed by atoms with E-state index >= 15 is 0 Å². The summed E-state index contributed by atoms with van der Waals surface area (Å²) in [5.41, 5.74) is 0.966. The minimum atomic E-state index is -0.215. The van der Waals surface area contributed by atoms with Crippen LogP contribution >= 0.6 is 11.6 Å². The standard InChI is InChI=1S/C14H17ClN4O/c1-9(2)12-16-13(18-17-12)14(20)19(3)8-10-5-4-6-11(15)7-10/h4-7,9H,8H2,1-3H3,(H,16,17,18). The van der Waals surface area contributed by atoms with Crippen LogP contribution in [0.1, 0.15) is 41.8 Å². The van der Waals surface area contributed by atoms with Crippen LogP contribution in [0.3, 0.4) is 0 Å². The molecular formula is C14H17ClN4O. The number of aromatic amines is 1. The fourth-order valence-corrected chi connectivity index (χ4v) is 1.99. The van der Waals surface area contributed by atoms with E-state index < -0.39 is 0 Å². The Balaban J connectivity index is 2.08. The Morgan fingerprint density at radius 3 is 2.80 bits per heavy atom. The number of benzene rings is 1. The van der Waals surface area contributed by atoms with Crippen LogP contribution in [0, 0.1) is 0 Å². The SMILES string of the molecule is CC(C)c1nc(C(=O)N(C)Cc2cccc(Cl)c2)n[nH]1. The third-order valence-corrected chi connectivity index (χ3v) is 3.13. The predicted octanol–water partition coefficient (Wildman–Crippen LogP) is 2.85. The Morgan fingerprint density at radius 1 is 1.45 bits per heavy atom. The van der Waals surface area contributed by atoms with E-state index in [0.717, 1.165) is 5.56 Å². The number of aromatic nitrogens is 3.